The van der Waals surface area contributed by atoms with Crippen LogP contribution < -0.4 is 10.6 Å². The maximum atomic E-state index is 11.7. The summed E-state index contributed by atoms with van der Waals surface area (Å²) in [5.41, 5.74) is 0.895. The molecule has 2 heterocycles. The zero-order valence-corrected chi connectivity index (χ0v) is 12.1. The standard InChI is InChI=1S/C12H19N3O4S/c1-20(17,18)15-5-2-11(3-6-15)14-12(16)13-8-10-4-7-19-9-10/h4,7,9,11H,2-3,5-6,8H2,1H3,(H2,13,14,16). The summed E-state index contributed by atoms with van der Waals surface area (Å²) in [6.45, 7) is 1.31. The average Bonchev–Trinajstić information content (AvgIpc) is 2.89. The first kappa shape index (κ1) is 14.9. The van der Waals surface area contributed by atoms with E-state index in [2.05, 4.69) is 10.6 Å². The van der Waals surface area contributed by atoms with Gasteiger partial charge in [0.1, 0.15) is 0 Å². The van der Waals surface area contributed by atoms with Crippen LogP contribution in [0.2, 0.25) is 0 Å². The van der Waals surface area contributed by atoms with Crippen molar-refractivity contribution >= 4 is 16.1 Å². The van der Waals surface area contributed by atoms with Crippen LogP contribution in [0.25, 0.3) is 0 Å². The first-order chi connectivity index (χ1) is 9.45. The van der Waals surface area contributed by atoms with Gasteiger partial charge < -0.3 is 15.1 Å². The zero-order chi connectivity index (χ0) is 14.6. The third-order valence-corrected chi connectivity index (χ3v) is 4.59. The van der Waals surface area contributed by atoms with E-state index in [1.165, 1.54) is 10.6 Å². The number of hydrogen-bond acceptors (Lipinski definition) is 4. The first-order valence-corrected chi connectivity index (χ1v) is 8.30. The summed E-state index contributed by atoms with van der Waals surface area (Å²) >= 11 is 0. The van der Waals surface area contributed by atoms with Crippen molar-refractivity contribution in [2.75, 3.05) is 19.3 Å². The number of sulfonamides is 1. The molecule has 7 nitrogen and oxygen atoms in total. The Labute approximate surface area is 118 Å². The molecule has 0 bridgehead atoms. The second-order valence-electron chi connectivity index (χ2n) is 4.89. The topological polar surface area (TPSA) is 91.7 Å². The number of furan rings is 1. The smallest absolute Gasteiger partial charge is 0.315 e. The van der Waals surface area contributed by atoms with E-state index in [1.54, 1.807) is 18.6 Å². The van der Waals surface area contributed by atoms with E-state index >= 15 is 0 Å². The van der Waals surface area contributed by atoms with Gasteiger partial charge in [-0.15, -0.1) is 0 Å². The molecule has 2 rings (SSSR count). The van der Waals surface area contributed by atoms with Crippen LogP contribution in [0.3, 0.4) is 0 Å². The summed E-state index contributed by atoms with van der Waals surface area (Å²) < 4.78 is 29.1. The Balaban J connectivity index is 1.71. The van der Waals surface area contributed by atoms with Crippen LogP contribution in [0.4, 0.5) is 4.79 Å². The zero-order valence-electron chi connectivity index (χ0n) is 11.3. The molecular formula is C12H19N3O4S. The molecule has 0 aromatic carbocycles. The molecule has 1 aromatic rings. The molecule has 0 unspecified atom stereocenters. The summed E-state index contributed by atoms with van der Waals surface area (Å²) in [5.74, 6) is 0. The molecule has 0 radical (unpaired) electrons. The Kier molecular flexibility index (Phi) is 4.66. The molecule has 112 valence electrons. The van der Waals surface area contributed by atoms with E-state index in [0.29, 0.717) is 32.5 Å². The van der Waals surface area contributed by atoms with Crippen molar-refractivity contribution in [1.82, 2.24) is 14.9 Å². The Bertz CT molecular complexity index is 533. The largest absolute Gasteiger partial charge is 0.472 e. The minimum Gasteiger partial charge on any atom is -0.472 e. The number of piperidine rings is 1. The van der Waals surface area contributed by atoms with Crippen LogP contribution >= 0.6 is 0 Å². The number of carbonyl (C=O) groups is 1. The number of hydrogen-bond donors (Lipinski definition) is 2. The molecule has 1 aromatic heterocycles. The van der Waals surface area contributed by atoms with Crippen LogP contribution in [0.1, 0.15) is 18.4 Å². The van der Waals surface area contributed by atoms with Crippen LogP contribution in [-0.2, 0) is 16.6 Å². The highest BCUT2D eigenvalue weighted by Crippen LogP contribution is 2.13. The lowest BCUT2D eigenvalue weighted by molar-refractivity contribution is 0.227. The van der Waals surface area contributed by atoms with E-state index in [9.17, 15) is 13.2 Å². The van der Waals surface area contributed by atoms with Crippen LogP contribution in [0, 0.1) is 0 Å². The van der Waals surface area contributed by atoms with Gasteiger partial charge in [0, 0.05) is 31.2 Å². The Morgan fingerprint density at radius 2 is 2.15 bits per heavy atom. The fraction of sp³-hybridized carbons (Fsp3) is 0.583. The monoisotopic (exact) mass is 301 g/mol. The minimum atomic E-state index is -3.12. The highest BCUT2D eigenvalue weighted by Gasteiger charge is 2.25. The number of carbonyl (C=O) groups excluding carboxylic acids is 1. The van der Waals surface area contributed by atoms with Crippen LogP contribution in [0.15, 0.2) is 23.0 Å². The molecule has 1 aliphatic heterocycles. The highest BCUT2D eigenvalue weighted by atomic mass is 32.2. The highest BCUT2D eigenvalue weighted by molar-refractivity contribution is 7.88. The second-order valence-corrected chi connectivity index (χ2v) is 6.88. The normalized spacial score (nSPS) is 17.9. The van der Waals surface area contributed by atoms with Gasteiger partial charge in [-0.05, 0) is 18.9 Å². The van der Waals surface area contributed by atoms with Crippen LogP contribution in [0.5, 0.6) is 0 Å². The molecule has 8 heteroatoms. The fourth-order valence-corrected chi connectivity index (χ4v) is 3.02. The van der Waals surface area contributed by atoms with Gasteiger partial charge in [-0.1, -0.05) is 0 Å². The molecule has 1 saturated heterocycles. The van der Waals surface area contributed by atoms with E-state index in [-0.39, 0.29) is 12.1 Å². The van der Waals surface area contributed by atoms with Gasteiger partial charge in [0.25, 0.3) is 0 Å². The van der Waals surface area contributed by atoms with E-state index in [4.69, 9.17) is 4.42 Å². The van der Waals surface area contributed by atoms with Crippen molar-refractivity contribution in [1.29, 1.82) is 0 Å². The quantitative estimate of drug-likeness (QED) is 0.847. The SMILES string of the molecule is CS(=O)(=O)N1CCC(NC(=O)NCc2ccoc2)CC1. The summed E-state index contributed by atoms with van der Waals surface area (Å²) in [6, 6.07) is 1.55. The molecule has 0 spiro atoms. The molecule has 20 heavy (non-hydrogen) atoms. The maximum absolute atomic E-state index is 11.7. The summed E-state index contributed by atoms with van der Waals surface area (Å²) in [5, 5.41) is 5.58. The van der Waals surface area contributed by atoms with Gasteiger partial charge in [-0.25, -0.2) is 17.5 Å². The van der Waals surface area contributed by atoms with Gasteiger partial charge >= 0.3 is 6.03 Å². The van der Waals surface area contributed by atoms with Crippen molar-refractivity contribution < 1.29 is 17.6 Å². The molecule has 1 aliphatic rings. The molecule has 2 amide bonds. The van der Waals surface area contributed by atoms with E-state index in [1.807, 2.05) is 0 Å². The van der Waals surface area contributed by atoms with Crippen molar-refractivity contribution in [2.45, 2.75) is 25.4 Å². The maximum Gasteiger partial charge on any atom is 0.315 e. The number of urea groups is 1. The van der Waals surface area contributed by atoms with Gasteiger partial charge in [0.2, 0.25) is 10.0 Å². The Hall–Kier alpha value is -1.54. The Morgan fingerprint density at radius 1 is 1.45 bits per heavy atom. The lowest BCUT2D eigenvalue weighted by Crippen LogP contribution is -2.48. The van der Waals surface area contributed by atoms with Gasteiger partial charge in [-0.2, -0.15) is 0 Å². The molecule has 1 fully saturated rings. The van der Waals surface area contributed by atoms with Gasteiger partial charge in [0.05, 0.1) is 18.8 Å². The van der Waals surface area contributed by atoms with Crippen molar-refractivity contribution in [3.05, 3.63) is 24.2 Å². The van der Waals surface area contributed by atoms with E-state index in [0.717, 1.165) is 5.56 Å². The van der Waals surface area contributed by atoms with Crippen molar-refractivity contribution in [3.63, 3.8) is 0 Å². The number of amides is 2. The van der Waals surface area contributed by atoms with Crippen molar-refractivity contribution in [2.24, 2.45) is 0 Å². The molecule has 0 saturated carbocycles. The second kappa shape index (κ2) is 6.27. The summed E-state index contributed by atoms with van der Waals surface area (Å²) in [7, 11) is -3.12. The summed E-state index contributed by atoms with van der Waals surface area (Å²) in [6.07, 6.45) is 5.59. The molecule has 2 N–H and O–H groups in total. The third-order valence-electron chi connectivity index (χ3n) is 3.29. The lowest BCUT2D eigenvalue weighted by atomic mass is 10.1. The predicted molar refractivity (Wildman–Crippen MR) is 73.5 cm³/mol. The minimum absolute atomic E-state index is 0.0114. The third kappa shape index (κ3) is 4.24. The van der Waals surface area contributed by atoms with Gasteiger partial charge in [0.15, 0.2) is 0 Å². The summed E-state index contributed by atoms with van der Waals surface area (Å²) in [4.78, 5) is 11.7. The van der Waals surface area contributed by atoms with Crippen LogP contribution in [-0.4, -0.2) is 44.1 Å². The number of nitrogens with zero attached hydrogens (tertiary/aromatic N) is 1. The predicted octanol–water partition coefficient (Wildman–Crippen LogP) is 0.503. The van der Waals surface area contributed by atoms with Crippen molar-refractivity contribution in [3.8, 4) is 0 Å². The van der Waals surface area contributed by atoms with E-state index < -0.39 is 10.0 Å². The fourth-order valence-electron chi connectivity index (χ4n) is 2.14. The first-order valence-electron chi connectivity index (χ1n) is 6.46. The lowest BCUT2D eigenvalue weighted by Gasteiger charge is -2.30. The molecule has 0 aliphatic carbocycles. The van der Waals surface area contributed by atoms with Gasteiger partial charge in [-0.3, -0.25) is 0 Å². The molecular weight excluding hydrogens is 282 g/mol. The molecule has 0 atom stereocenters. The average molecular weight is 301 g/mol. The Morgan fingerprint density at radius 3 is 2.70 bits per heavy atom. The number of nitrogens with one attached hydrogen (secondary N) is 2. The number of rotatable bonds is 4.